The summed E-state index contributed by atoms with van der Waals surface area (Å²) in [6, 6.07) is 10.3. The van der Waals surface area contributed by atoms with E-state index in [1.807, 2.05) is 0 Å². The summed E-state index contributed by atoms with van der Waals surface area (Å²) in [4.78, 5) is 22.6. The van der Waals surface area contributed by atoms with Crippen molar-refractivity contribution < 1.29 is 14.0 Å². The van der Waals surface area contributed by atoms with E-state index in [-0.39, 0.29) is 11.8 Å². The lowest BCUT2D eigenvalue weighted by atomic mass is 10.2. The molecule has 0 aliphatic rings. The maximum absolute atomic E-state index is 11.7. The van der Waals surface area contributed by atoms with Gasteiger partial charge in [-0.1, -0.05) is 0 Å². The number of furan rings is 1. The highest BCUT2D eigenvalue weighted by Crippen LogP contribution is 2.16. The lowest BCUT2D eigenvalue weighted by Gasteiger charge is -2.04. The second-order valence-corrected chi connectivity index (χ2v) is 5.00. The molecular formula is C15H13BrN2O3. The third kappa shape index (κ3) is 4.92. The van der Waals surface area contributed by atoms with Crippen molar-refractivity contribution in [1.29, 1.82) is 0 Å². The van der Waals surface area contributed by atoms with Crippen molar-refractivity contribution in [3.8, 4) is 0 Å². The van der Waals surface area contributed by atoms with Gasteiger partial charge in [-0.2, -0.15) is 0 Å². The molecule has 2 rings (SSSR count). The normalized spacial score (nSPS) is 10.6. The number of carbonyl (C=O) groups is 2. The summed E-state index contributed by atoms with van der Waals surface area (Å²) in [7, 11) is 0. The van der Waals surface area contributed by atoms with E-state index in [1.54, 1.807) is 42.5 Å². The topological polar surface area (TPSA) is 71.3 Å². The molecule has 0 bridgehead atoms. The molecule has 0 fully saturated rings. The zero-order chi connectivity index (χ0) is 15.2. The number of anilines is 2. The summed E-state index contributed by atoms with van der Waals surface area (Å²) >= 11 is 3.19. The highest BCUT2D eigenvalue weighted by molar-refractivity contribution is 9.10. The molecule has 5 nitrogen and oxygen atoms in total. The molecule has 2 aromatic rings. The third-order valence-corrected chi connectivity index (χ3v) is 2.89. The van der Waals surface area contributed by atoms with E-state index in [9.17, 15) is 9.59 Å². The highest BCUT2D eigenvalue weighted by atomic mass is 79.9. The van der Waals surface area contributed by atoms with Gasteiger partial charge >= 0.3 is 0 Å². The smallest absolute Gasteiger partial charge is 0.248 e. The van der Waals surface area contributed by atoms with Crippen LogP contribution in [0, 0.1) is 0 Å². The molecule has 0 saturated carbocycles. The maximum atomic E-state index is 11.7. The Balaban J connectivity index is 1.93. The fourth-order valence-corrected chi connectivity index (χ4v) is 1.92. The molecule has 6 heteroatoms. The maximum Gasteiger partial charge on any atom is 0.248 e. The van der Waals surface area contributed by atoms with Gasteiger partial charge < -0.3 is 15.1 Å². The van der Waals surface area contributed by atoms with E-state index in [1.165, 1.54) is 13.0 Å². The monoisotopic (exact) mass is 348 g/mol. The van der Waals surface area contributed by atoms with E-state index in [2.05, 4.69) is 26.6 Å². The standard InChI is InChI=1S/C15H13BrN2O3/c1-10(19)17-11-2-4-12(5-3-11)18-15(20)9-7-13-6-8-14(16)21-13/h2-9H,1H3,(H,17,19)(H,18,20). The number of hydrogen-bond acceptors (Lipinski definition) is 3. The summed E-state index contributed by atoms with van der Waals surface area (Å²) in [5, 5.41) is 5.36. The molecule has 1 heterocycles. The van der Waals surface area contributed by atoms with Crippen molar-refractivity contribution in [2.24, 2.45) is 0 Å². The fourth-order valence-electron chi connectivity index (χ4n) is 1.60. The van der Waals surface area contributed by atoms with Crippen LogP contribution in [-0.2, 0) is 9.59 Å². The molecule has 2 amide bonds. The van der Waals surface area contributed by atoms with Crippen LogP contribution in [0.3, 0.4) is 0 Å². The lowest BCUT2D eigenvalue weighted by Crippen LogP contribution is -2.08. The first-order valence-electron chi connectivity index (χ1n) is 6.15. The van der Waals surface area contributed by atoms with Crippen molar-refractivity contribution in [1.82, 2.24) is 0 Å². The number of hydrogen-bond donors (Lipinski definition) is 2. The van der Waals surface area contributed by atoms with Gasteiger partial charge in [-0.15, -0.1) is 0 Å². The Bertz CT molecular complexity index is 674. The van der Waals surface area contributed by atoms with Crippen LogP contribution in [0.5, 0.6) is 0 Å². The van der Waals surface area contributed by atoms with Gasteiger partial charge in [-0.25, -0.2) is 0 Å². The van der Waals surface area contributed by atoms with Crippen LogP contribution >= 0.6 is 15.9 Å². The lowest BCUT2D eigenvalue weighted by molar-refractivity contribution is -0.114. The number of rotatable bonds is 4. The molecular weight excluding hydrogens is 336 g/mol. The molecule has 0 aliphatic heterocycles. The van der Waals surface area contributed by atoms with Gasteiger partial charge in [0.1, 0.15) is 5.76 Å². The quantitative estimate of drug-likeness (QED) is 0.828. The first kappa shape index (κ1) is 15.1. The van der Waals surface area contributed by atoms with E-state index >= 15 is 0 Å². The van der Waals surface area contributed by atoms with Gasteiger partial charge in [0.25, 0.3) is 0 Å². The van der Waals surface area contributed by atoms with Gasteiger partial charge in [0, 0.05) is 24.4 Å². The Labute approximate surface area is 130 Å². The highest BCUT2D eigenvalue weighted by Gasteiger charge is 2.00. The SMILES string of the molecule is CC(=O)Nc1ccc(NC(=O)C=Cc2ccc(Br)o2)cc1. The average Bonchev–Trinajstić information content (AvgIpc) is 2.84. The van der Waals surface area contributed by atoms with Gasteiger partial charge in [0.05, 0.1) is 0 Å². The predicted octanol–water partition coefficient (Wildman–Crippen LogP) is 3.65. The molecule has 1 aromatic heterocycles. The van der Waals surface area contributed by atoms with Gasteiger partial charge in [0.15, 0.2) is 4.67 Å². The summed E-state index contributed by atoms with van der Waals surface area (Å²) in [6.45, 7) is 1.44. The number of amides is 2. The van der Waals surface area contributed by atoms with Crippen LogP contribution in [0.1, 0.15) is 12.7 Å². The molecule has 21 heavy (non-hydrogen) atoms. The van der Waals surface area contributed by atoms with Crippen molar-refractivity contribution in [2.75, 3.05) is 10.6 Å². The van der Waals surface area contributed by atoms with Crippen LogP contribution in [0.25, 0.3) is 6.08 Å². The predicted molar refractivity (Wildman–Crippen MR) is 84.8 cm³/mol. The van der Waals surface area contributed by atoms with Crippen LogP contribution in [0.15, 0.2) is 51.6 Å². The Morgan fingerprint density at radius 3 is 2.19 bits per heavy atom. The first-order chi connectivity index (χ1) is 10.0. The third-order valence-electron chi connectivity index (χ3n) is 2.47. The number of halogens is 1. The molecule has 0 unspecified atom stereocenters. The zero-order valence-corrected chi connectivity index (χ0v) is 12.8. The average molecular weight is 349 g/mol. The molecule has 1 aromatic carbocycles. The minimum absolute atomic E-state index is 0.140. The molecule has 0 saturated heterocycles. The van der Waals surface area contributed by atoms with Crippen molar-refractivity contribution in [3.63, 3.8) is 0 Å². The Morgan fingerprint density at radius 1 is 1.05 bits per heavy atom. The van der Waals surface area contributed by atoms with Crippen LogP contribution in [0.2, 0.25) is 0 Å². The van der Waals surface area contributed by atoms with Crippen molar-refractivity contribution >= 4 is 45.2 Å². The molecule has 108 valence electrons. The summed E-state index contributed by atoms with van der Waals surface area (Å²) < 4.78 is 5.85. The zero-order valence-electron chi connectivity index (χ0n) is 11.2. The Hall–Kier alpha value is -2.34. The number of carbonyl (C=O) groups excluding carboxylic acids is 2. The number of nitrogens with one attached hydrogen (secondary N) is 2. The summed E-state index contributed by atoms with van der Waals surface area (Å²) in [6.07, 6.45) is 2.96. The van der Waals surface area contributed by atoms with E-state index in [4.69, 9.17) is 4.42 Å². The Morgan fingerprint density at radius 2 is 1.67 bits per heavy atom. The van der Waals surface area contributed by atoms with E-state index in [0.29, 0.717) is 21.8 Å². The Kier molecular flexibility index (Phi) is 4.94. The second kappa shape index (κ2) is 6.90. The van der Waals surface area contributed by atoms with Gasteiger partial charge in [-0.05, 0) is 58.4 Å². The molecule has 0 atom stereocenters. The fraction of sp³-hybridized carbons (Fsp3) is 0.0667. The van der Waals surface area contributed by atoms with Gasteiger partial charge in [-0.3, -0.25) is 9.59 Å². The van der Waals surface area contributed by atoms with E-state index < -0.39 is 0 Å². The van der Waals surface area contributed by atoms with Crippen LogP contribution in [-0.4, -0.2) is 11.8 Å². The first-order valence-corrected chi connectivity index (χ1v) is 6.94. The number of benzene rings is 1. The molecule has 0 radical (unpaired) electrons. The molecule has 0 aliphatic carbocycles. The van der Waals surface area contributed by atoms with Crippen LogP contribution in [0.4, 0.5) is 11.4 Å². The minimum atomic E-state index is -0.269. The van der Waals surface area contributed by atoms with Gasteiger partial charge in [0.2, 0.25) is 11.8 Å². The molecule has 0 spiro atoms. The van der Waals surface area contributed by atoms with Crippen LogP contribution < -0.4 is 10.6 Å². The molecule has 2 N–H and O–H groups in total. The van der Waals surface area contributed by atoms with E-state index in [0.717, 1.165) is 0 Å². The second-order valence-electron chi connectivity index (χ2n) is 4.22. The minimum Gasteiger partial charge on any atom is -0.450 e. The summed E-state index contributed by atoms with van der Waals surface area (Å²) in [5.74, 6) is 0.173. The van der Waals surface area contributed by atoms with Crippen molar-refractivity contribution in [3.05, 3.63) is 52.9 Å². The van der Waals surface area contributed by atoms with Crippen molar-refractivity contribution in [2.45, 2.75) is 6.92 Å². The summed E-state index contributed by atoms with van der Waals surface area (Å²) in [5.41, 5.74) is 1.32. The largest absolute Gasteiger partial charge is 0.450 e.